The predicted octanol–water partition coefficient (Wildman–Crippen LogP) is 2.18. The normalized spacial score (nSPS) is 20.5. The highest BCUT2D eigenvalue weighted by molar-refractivity contribution is 7.89. The Bertz CT molecular complexity index is 1100. The molecular weight excluding hydrogens is 408 g/mol. The lowest BCUT2D eigenvalue weighted by atomic mass is 10.1. The largest absolute Gasteiger partial charge is 0.493 e. The van der Waals surface area contributed by atoms with Gasteiger partial charge in [-0.25, -0.2) is 8.42 Å². The molecule has 0 radical (unpaired) electrons. The van der Waals surface area contributed by atoms with E-state index in [0.29, 0.717) is 56.4 Å². The zero-order valence-corrected chi connectivity index (χ0v) is 17.1. The summed E-state index contributed by atoms with van der Waals surface area (Å²) < 4.78 is 44.3. The summed E-state index contributed by atoms with van der Waals surface area (Å²) in [5.41, 5.74) is 1.69. The lowest BCUT2D eigenvalue weighted by molar-refractivity contribution is -0.119. The predicted molar refractivity (Wildman–Crippen MR) is 109 cm³/mol. The third-order valence-corrected chi connectivity index (χ3v) is 7.49. The monoisotopic (exact) mass is 430 g/mol. The van der Waals surface area contributed by atoms with Crippen molar-refractivity contribution < 1.29 is 27.4 Å². The number of ether oxygens (including phenoxy) is 3. The third kappa shape index (κ3) is 3.37. The standard InChI is InChI=1S/C21H22N2O6S/c24-21(22-15-3-5-18-14(12-15)7-9-27-18)17-2-1-8-23(17)30(25,26)16-4-6-19-20(13-16)29-11-10-28-19/h3-6,12-13,17H,1-2,7-11H2,(H,22,24)/t17-/m0/s1. The summed E-state index contributed by atoms with van der Waals surface area (Å²) >= 11 is 0. The van der Waals surface area contributed by atoms with Gasteiger partial charge in [0.25, 0.3) is 0 Å². The van der Waals surface area contributed by atoms with Crippen molar-refractivity contribution in [2.75, 3.05) is 31.7 Å². The summed E-state index contributed by atoms with van der Waals surface area (Å²) in [5.74, 6) is 1.43. The van der Waals surface area contributed by atoms with Gasteiger partial charge in [-0.05, 0) is 48.7 Å². The van der Waals surface area contributed by atoms with E-state index in [2.05, 4.69) is 5.32 Å². The highest BCUT2D eigenvalue weighted by Crippen LogP contribution is 2.35. The number of hydrogen-bond acceptors (Lipinski definition) is 6. The number of carbonyl (C=O) groups excluding carboxylic acids is 1. The molecule has 0 aliphatic carbocycles. The molecular formula is C21H22N2O6S. The van der Waals surface area contributed by atoms with Crippen molar-refractivity contribution in [2.24, 2.45) is 0 Å². The number of rotatable bonds is 4. The van der Waals surface area contributed by atoms with Crippen molar-refractivity contribution in [1.82, 2.24) is 4.31 Å². The van der Waals surface area contributed by atoms with E-state index in [9.17, 15) is 13.2 Å². The Labute approximate surface area is 174 Å². The van der Waals surface area contributed by atoms with Crippen LogP contribution in [-0.4, -0.2) is 51.0 Å². The quantitative estimate of drug-likeness (QED) is 0.799. The summed E-state index contributed by atoms with van der Waals surface area (Å²) in [6.45, 7) is 1.74. The molecule has 0 spiro atoms. The number of carbonyl (C=O) groups is 1. The Morgan fingerprint density at radius 3 is 2.60 bits per heavy atom. The Balaban J connectivity index is 1.37. The number of anilines is 1. The first-order valence-corrected chi connectivity index (χ1v) is 11.4. The van der Waals surface area contributed by atoms with Crippen molar-refractivity contribution in [1.29, 1.82) is 0 Å². The van der Waals surface area contributed by atoms with Crippen LogP contribution in [0.15, 0.2) is 41.3 Å². The fourth-order valence-corrected chi connectivity index (χ4v) is 5.77. The summed E-state index contributed by atoms with van der Waals surface area (Å²) in [6, 6.07) is 9.29. The summed E-state index contributed by atoms with van der Waals surface area (Å²) in [4.78, 5) is 13.0. The van der Waals surface area contributed by atoms with Crippen molar-refractivity contribution in [3.8, 4) is 17.2 Å². The van der Waals surface area contributed by atoms with Crippen LogP contribution < -0.4 is 19.5 Å². The van der Waals surface area contributed by atoms with Gasteiger partial charge in [-0.15, -0.1) is 0 Å². The lowest BCUT2D eigenvalue weighted by Crippen LogP contribution is -2.43. The zero-order valence-electron chi connectivity index (χ0n) is 16.3. The van der Waals surface area contributed by atoms with Crippen LogP contribution in [0.2, 0.25) is 0 Å². The molecule has 1 saturated heterocycles. The molecule has 5 rings (SSSR count). The van der Waals surface area contributed by atoms with E-state index in [1.165, 1.54) is 16.4 Å². The Kier molecular flexibility index (Phi) is 4.79. The molecule has 2 aromatic rings. The minimum atomic E-state index is -3.85. The maximum absolute atomic E-state index is 13.3. The number of amides is 1. The molecule has 1 N–H and O–H groups in total. The van der Waals surface area contributed by atoms with Crippen LogP contribution in [0.4, 0.5) is 5.69 Å². The molecule has 8 nitrogen and oxygen atoms in total. The number of hydrogen-bond donors (Lipinski definition) is 1. The zero-order chi connectivity index (χ0) is 20.7. The van der Waals surface area contributed by atoms with E-state index >= 15 is 0 Å². The summed E-state index contributed by atoms with van der Waals surface area (Å²) in [5, 5.41) is 2.87. The Morgan fingerprint density at radius 1 is 0.967 bits per heavy atom. The fourth-order valence-electron chi connectivity index (χ4n) is 4.10. The number of nitrogens with zero attached hydrogens (tertiary/aromatic N) is 1. The molecule has 2 aromatic carbocycles. The van der Waals surface area contributed by atoms with E-state index < -0.39 is 16.1 Å². The summed E-state index contributed by atoms with van der Waals surface area (Å²) in [7, 11) is -3.85. The molecule has 30 heavy (non-hydrogen) atoms. The first-order chi connectivity index (χ1) is 14.5. The van der Waals surface area contributed by atoms with Crippen LogP contribution in [0.1, 0.15) is 18.4 Å². The second-order valence-corrected chi connectivity index (χ2v) is 9.38. The van der Waals surface area contributed by atoms with Crippen LogP contribution in [0, 0.1) is 0 Å². The van der Waals surface area contributed by atoms with Gasteiger partial charge in [-0.2, -0.15) is 4.31 Å². The SMILES string of the molecule is O=C(Nc1ccc2c(c1)CCO2)[C@@H]1CCCN1S(=O)(=O)c1ccc2c(c1)OCCO2. The smallest absolute Gasteiger partial charge is 0.243 e. The second kappa shape index (κ2) is 7.48. The van der Waals surface area contributed by atoms with Crippen LogP contribution in [0.3, 0.4) is 0 Å². The molecule has 1 amide bonds. The maximum Gasteiger partial charge on any atom is 0.243 e. The van der Waals surface area contributed by atoms with E-state index in [1.54, 1.807) is 12.1 Å². The number of fused-ring (bicyclic) bond motifs is 2. The van der Waals surface area contributed by atoms with Crippen molar-refractivity contribution in [3.63, 3.8) is 0 Å². The van der Waals surface area contributed by atoms with Crippen LogP contribution in [0.5, 0.6) is 17.2 Å². The Hall–Kier alpha value is -2.78. The number of sulfonamides is 1. The summed E-state index contributed by atoms with van der Waals surface area (Å²) in [6.07, 6.45) is 1.90. The number of nitrogens with one attached hydrogen (secondary N) is 1. The van der Waals surface area contributed by atoms with Gasteiger partial charge in [0.1, 0.15) is 25.0 Å². The molecule has 0 aromatic heterocycles. The van der Waals surface area contributed by atoms with Crippen molar-refractivity contribution in [3.05, 3.63) is 42.0 Å². The van der Waals surface area contributed by atoms with Gasteiger partial charge < -0.3 is 19.5 Å². The molecule has 3 aliphatic heterocycles. The lowest BCUT2D eigenvalue weighted by Gasteiger charge is -2.24. The minimum Gasteiger partial charge on any atom is -0.493 e. The number of benzene rings is 2. The van der Waals surface area contributed by atoms with Gasteiger partial charge in [-0.1, -0.05) is 0 Å². The fraction of sp³-hybridized carbons (Fsp3) is 0.381. The van der Waals surface area contributed by atoms with E-state index in [0.717, 1.165) is 17.7 Å². The van der Waals surface area contributed by atoms with E-state index in [4.69, 9.17) is 14.2 Å². The average molecular weight is 430 g/mol. The van der Waals surface area contributed by atoms with Gasteiger partial charge in [0.15, 0.2) is 11.5 Å². The minimum absolute atomic E-state index is 0.0983. The molecule has 3 aliphatic rings. The van der Waals surface area contributed by atoms with Gasteiger partial charge in [0.2, 0.25) is 15.9 Å². The third-order valence-electron chi connectivity index (χ3n) is 5.58. The van der Waals surface area contributed by atoms with Crippen molar-refractivity contribution in [2.45, 2.75) is 30.2 Å². The topological polar surface area (TPSA) is 94.2 Å². The first-order valence-electron chi connectivity index (χ1n) is 10.0. The average Bonchev–Trinajstić information content (AvgIpc) is 3.43. The highest BCUT2D eigenvalue weighted by Gasteiger charge is 2.40. The van der Waals surface area contributed by atoms with Gasteiger partial charge in [-0.3, -0.25) is 4.79 Å². The molecule has 0 bridgehead atoms. The van der Waals surface area contributed by atoms with E-state index in [-0.39, 0.29) is 10.8 Å². The van der Waals surface area contributed by atoms with Crippen molar-refractivity contribution >= 4 is 21.6 Å². The molecule has 1 fully saturated rings. The molecule has 0 saturated carbocycles. The second-order valence-electron chi connectivity index (χ2n) is 7.49. The molecule has 0 unspecified atom stereocenters. The first kappa shape index (κ1) is 19.2. The molecule has 9 heteroatoms. The van der Waals surface area contributed by atoms with Crippen LogP contribution >= 0.6 is 0 Å². The maximum atomic E-state index is 13.3. The van der Waals surface area contributed by atoms with Gasteiger partial charge in [0.05, 0.1) is 11.5 Å². The van der Waals surface area contributed by atoms with Gasteiger partial charge >= 0.3 is 0 Å². The van der Waals surface area contributed by atoms with Gasteiger partial charge in [0, 0.05) is 24.7 Å². The van der Waals surface area contributed by atoms with Crippen LogP contribution in [0.25, 0.3) is 0 Å². The van der Waals surface area contributed by atoms with Crippen LogP contribution in [-0.2, 0) is 21.2 Å². The molecule has 158 valence electrons. The molecule has 3 heterocycles. The molecule has 1 atom stereocenters. The van der Waals surface area contributed by atoms with E-state index in [1.807, 2.05) is 12.1 Å². The highest BCUT2D eigenvalue weighted by atomic mass is 32.2. The Morgan fingerprint density at radius 2 is 1.73 bits per heavy atom.